The van der Waals surface area contributed by atoms with Crippen molar-refractivity contribution >= 4 is 11.6 Å². The molecule has 0 aromatic heterocycles. The van der Waals surface area contributed by atoms with Crippen LogP contribution in [-0.2, 0) is 4.74 Å². The zero-order chi connectivity index (χ0) is 6.74. The standard InChI is InChI=1S/C7H11ClO/c1-2-3-7(4-8)5-9-6-7/h2H,1,3-6H2. The fourth-order valence-electron chi connectivity index (χ4n) is 0.946. The third-order valence-corrected chi connectivity index (χ3v) is 2.24. The van der Waals surface area contributed by atoms with Crippen LogP contribution in [0.2, 0.25) is 0 Å². The highest BCUT2D eigenvalue weighted by atomic mass is 35.5. The SMILES string of the molecule is C=CCC1(CCl)COC1. The average molecular weight is 147 g/mol. The number of rotatable bonds is 3. The first-order valence-electron chi connectivity index (χ1n) is 3.08. The number of ether oxygens (including phenoxy) is 1. The Balaban J connectivity index is 2.36. The molecule has 0 atom stereocenters. The van der Waals surface area contributed by atoms with Gasteiger partial charge in [-0.3, -0.25) is 0 Å². The Morgan fingerprint density at radius 2 is 2.33 bits per heavy atom. The highest BCUT2D eigenvalue weighted by Crippen LogP contribution is 2.32. The second-order valence-corrected chi connectivity index (χ2v) is 2.89. The van der Waals surface area contributed by atoms with Crippen molar-refractivity contribution in [3.63, 3.8) is 0 Å². The van der Waals surface area contributed by atoms with E-state index >= 15 is 0 Å². The third kappa shape index (κ3) is 1.28. The van der Waals surface area contributed by atoms with Crippen molar-refractivity contribution in [3.05, 3.63) is 12.7 Å². The van der Waals surface area contributed by atoms with Crippen LogP contribution in [-0.4, -0.2) is 19.1 Å². The van der Waals surface area contributed by atoms with Gasteiger partial charge in [0.05, 0.1) is 13.2 Å². The lowest BCUT2D eigenvalue weighted by Crippen LogP contribution is -2.43. The summed E-state index contributed by atoms with van der Waals surface area (Å²) >= 11 is 5.71. The van der Waals surface area contributed by atoms with E-state index in [0.29, 0.717) is 5.88 Å². The molecule has 1 aliphatic rings. The van der Waals surface area contributed by atoms with Gasteiger partial charge in [0.15, 0.2) is 0 Å². The molecule has 0 aromatic carbocycles. The minimum atomic E-state index is 0.239. The van der Waals surface area contributed by atoms with E-state index in [1.54, 1.807) is 0 Å². The van der Waals surface area contributed by atoms with Crippen LogP contribution in [0.3, 0.4) is 0 Å². The normalized spacial score (nSPS) is 22.8. The molecular weight excluding hydrogens is 136 g/mol. The van der Waals surface area contributed by atoms with Gasteiger partial charge in [-0.25, -0.2) is 0 Å². The van der Waals surface area contributed by atoms with Crippen molar-refractivity contribution in [3.8, 4) is 0 Å². The monoisotopic (exact) mass is 146 g/mol. The molecule has 52 valence electrons. The first-order valence-corrected chi connectivity index (χ1v) is 3.61. The smallest absolute Gasteiger partial charge is 0.0559 e. The van der Waals surface area contributed by atoms with E-state index in [4.69, 9.17) is 16.3 Å². The second kappa shape index (κ2) is 2.72. The molecule has 2 heteroatoms. The number of halogens is 1. The predicted octanol–water partition coefficient (Wildman–Crippen LogP) is 1.82. The van der Waals surface area contributed by atoms with Crippen molar-refractivity contribution < 1.29 is 4.74 Å². The number of allylic oxidation sites excluding steroid dienone is 1. The van der Waals surface area contributed by atoms with Gasteiger partial charge in [0, 0.05) is 11.3 Å². The van der Waals surface area contributed by atoms with Gasteiger partial charge >= 0.3 is 0 Å². The van der Waals surface area contributed by atoms with Gasteiger partial charge in [-0.2, -0.15) is 0 Å². The molecule has 0 radical (unpaired) electrons. The molecule has 1 nitrogen and oxygen atoms in total. The lowest BCUT2D eigenvalue weighted by atomic mass is 9.85. The van der Waals surface area contributed by atoms with Crippen molar-refractivity contribution in [2.24, 2.45) is 5.41 Å². The zero-order valence-corrected chi connectivity index (χ0v) is 6.16. The summed E-state index contributed by atoms with van der Waals surface area (Å²) in [6.07, 6.45) is 2.89. The van der Waals surface area contributed by atoms with E-state index in [9.17, 15) is 0 Å². The molecule has 0 aliphatic carbocycles. The Labute approximate surface area is 60.7 Å². The molecule has 0 N–H and O–H groups in total. The van der Waals surface area contributed by atoms with E-state index < -0.39 is 0 Å². The van der Waals surface area contributed by atoms with Crippen molar-refractivity contribution in [2.75, 3.05) is 19.1 Å². The molecule has 1 aliphatic heterocycles. The summed E-state index contributed by atoms with van der Waals surface area (Å²) in [4.78, 5) is 0. The molecule has 0 amide bonds. The van der Waals surface area contributed by atoms with Crippen LogP contribution >= 0.6 is 11.6 Å². The largest absolute Gasteiger partial charge is 0.380 e. The summed E-state index contributed by atoms with van der Waals surface area (Å²) in [6, 6.07) is 0. The van der Waals surface area contributed by atoms with E-state index in [1.807, 2.05) is 6.08 Å². The minimum absolute atomic E-state index is 0.239. The quantitative estimate of drug-likeness (QED) is 0.436. The lowest BCUT2D eigenvalue weighted by Gasteiger charge is -2.39. The van der Waals surface area contributed by atoms with Crippen LogP contribution in [0, 0.1) is 5.41 Å². The second-order valence-electron chi connectivity index (χ2n) is 2.62. The molecule has 1 saturated heterocycles. The summed E-state index contributed by atoms with van der Waals surface area (Å²) in [5.41, 5.74) is 0.239. The molecule has 1 heterocycles. The molecule has 9 heavy (non-hydrogen) atoms. The van der Waals surface area contributed by atoms with Gasteiger partial charge in [-0.05, 0) is 6.42 Å². The number of hydrogen-bond donors (Lipinski definition) is 0. The van der Waals surface area contributed by atoms with E-state index in [0.717, 1.165) is 19.6 Å². The van der Waals surface area contributed by atoms with Crippen LogP contribution in [0.1, 0.15) is 6.42 Å². The van der Waals surface area contributed by atoms with Crippen molar-refractivity contribution in [1.29, 1.82) is 0 Å². The van der Waals surface area contributed by atoms with Crippen molar-refractivity contribution in [2.45, 2.75) is 6.42 Å². The molecule has 1 fully saturated rings. The maximum absolute atomic E-state index is 5.71. The summed E-state index contributed by atoms with van der Waals surface area (Å²) < 4.78 is 5.05. The Hall–Kier alpha value is -0.0100. The van der Waals surface area contributed by atoms with E-state index in [2.05, 4.69) is 6.58 Å². The van der Waals surface area contributed by atoms with Gasteiger partial charge in [-0.1, -0.05) is 6.08 Å². The van der Waals surface area contributed by atoms with Gasteiger partial charge in [0.1, 0.15) is 0 Å². The van der Waals surface area contributed by atoms with Gasteiger partial charge < -0.3 is 4.74 Å². The van der Waals surface area contributed by atoms with Crippen molar-refractivity contribution in [1.82, 2.24) is 0 Å². The Morgan fingerprint density at radius 3 is 2.44 bits per heavy atom. The van der Waals surface area contributed by atoms with Crippen LogP contribution in [0.25, 0.3) is 0 Å². The van der Waals surface area contributed by atoms with E-state index in [-0.39, 0.29) is 5.41 Å². The molecular formula is C7H11ClO. The minimum Gasteiger partial charge on any atom is -0.380 e. The van der Waals surface area contributed by atoms with Gasteiger partial charge in [0.25, 0.3) is 0 Å². The topological polar surface area (TPSA) is 9.23 Å². The van der Waals surface area contributed by atoms with Gasteiger partial charge in [-0.15, -0.1) is 18.2 Å². The zero-order valence-electron chi connectivity index (χ0n) is 5.40. The Morgan fingerprint density at radius 1 is 1.67 bits per heavy atom. The Kier molecular flexibility index (Phi) is 2.14. The first kappa shape index (κ1) is 7.10. The van der Waals surface area contributed by atoms with Crippen LogP contribution in [0.15, 0.2) is 12.7 Å². The maximum atomic E-state index is 5.71. The highest BCUT2D eigenvalue weighted by molar-refractivity contribution is 6.18. The third-order valence-electron chi connectivity index (χ3n) is 1.68. The molecule has 0 unspecified atom stereocenters. The summed E-state index contributed by atoms with van der Waals surface area (Å²) in [7, 11) is 0. The fourth-order valence-corrected chi connectivity index (χ4v) is 1.21. The number of hydrogen-bond acceptors (Lipinski definition) is 1. The Bertz CT molecular complexity index is 102. The molecule has 0 saturated carbocycles. The predicted molar refractivity (Wildman–Crippen MR) is 38.8 cm³/mol. The molecule has 0 spiro atoms. The summed E-state index contributed by atoms with van der Waals surface area (Å²) in [5, 5.41) is 0. The van der Waals surface area contributed by atoms with Crippen LogP contribution in [0.5, 0.6) is 0 Å². The molecule has 1 rings (SSSR count). The lowest BCUT2D eigenvalue weighted by molar-refractivity contribution is -0.0965. The molecule has 0 aromatic rings. The number of alkyl halides is 1. The van der Waals surface area contributed by atoms with Crippen LogP contribution < -0.4 is 0 Å². The highest BCUT2D eigenvalue weighted by Gasteiger charge is 2.36. The average Bonchev–Trinajstić information content (AvgIpc) is 1.79. The fraction of sp³-hybridized carbons (Fsp3) is 0.714. The summed E-state index contributed by atoms with van der Waals surface area (Å²) in [5.74, 6) is 0.693. The van der Waals surface area contributed by atoms with Crippen LogP contribution in [0.4, 0.5) is 0 Å². The summed E-state index contributed by atoms with van der Waals surface area (Å²) in [6.45, 7) is 5.28. The maximum Gasteiger partial charge on any atom is 0.0559 e. The molecule has 0 bridgehead atoms. The van der Waals surface area contributed by atoms with Gasteiger partial charge in [0.2, 0.25) is 0 Å². The first-order chi connectivity index (χ1) is 4.33. The van der Waals surface area contributed by atoms with E-state index in [1.165, 1.54) is 0 Å².